The normalized spacial score (nSPS) is 14.9. The van der Waals surface area contributed by atoms with Crippen LogP contribution in [-0.4, -0.2) is 19.8 Å². The molecule has 1 N–H and O–H groups in total. The minimum atomic E-state index is 0.221. The Morgan fingerprint density at radius 1 is 1.19 bits per heavy atom. The molecule has 4 nitrogen and oxygen atoms in total. The highest BCUT2D eigenvalue weighted by Gasteiger charge is 2.22. The maximum atomic E-state index is 4.41. The summed E-state index contributed by atoms with van der Waals surface area (Å²) in [6, 6.07) is 8.44. The molecule has 0 unspecified atom stereocenters. The fourth-order valence-electron chi connectivity index (χ4n) is 3.16. The summed E-state index contributed by atoms with van der Waals surface area (Å²) in [5.41, 5.74) is 3.91. The summed E-state index contributed by atoms with van der Waals surface area (Å²) in [6.45, 7) is 8.73. The highest BCUT2D eigenvalue weighted by molar-refractivity contribution is 7.98. The van der Waals surface area contributed by atoms with E-state index in [-0.39, 0.29) is 5.41 Å². The van der Waals surface area contributed by atoms with Crippen LogP contribution in [0.2, 0.25) is 0 Å². The van der Waals surface area contributed by atoms with Gasteiger partial charge in [-0.05, 0) is 36.0 Å². The van der Waals surface area contributed by atoms with Crippen LogP contribution in [0.5, 0.6) is 0 Å². The second-order valence-electron chi connectivity index (χ2n) is 8.29. The summed E-state index contributed by atoms with van der Waals surface area (Å²) in [4.78, 5) is 8.81. The van der Waals surface area contributed by atoms with Crippen LogP contribution in [0, 0.1) is 5.41 Å². The van der Waals surface area contributed by atoms with E-state index in [2.05, 4.69) is 64.4 Å². The van der Waals surface area contributed by atoms with Crippen LogP contribution >= 0.6 is 11.9 Å². The molecule has 0 bridgehead atoms. The van der Waals surface area contributed by atoms with Gasteiger partial charge in [0.2, 0.25) is 0 Å². The monoisotopic (exact) mass is 366 g/mol. The van der Waals surface area contributed by atoms with E-state index in [1.165, 1.54) is 29.3 Å². The molecule has 0 atom stereocenters. The number of hydrogen-bond donors (Lipinski definition) is 1. The molecule has 2 heterocycles. The van der Waals surface area contributed by atoms with Crippen LogP contribution in [0.1, 0.15) is 39.2 Å². The molecule has 136 valence electrons. The highest BCUT2D eigenvalue weighted by Crippen LogP contribution is 2.33. The first-order valence-electron chi connectivity index (χ1n) is 9.27. The Morgan fingerprint density at radius 2 is 1.96 bits per heavy atom. The van der Waals surface area contributed by atoms with Crippen molar-refractivity contribution >= 4 is 22.9 Å². The molecule has 4 rings (SSSR count). The van der Waals surface area contributed by atoms with Gasteiger partial charge >= 0.3 is 0 Å². The zero-order valence-corrected chi connectivity index (χ0v) is 16.5. The Labute approximate surface area is 159 Å². The fourth-order valence-corrected chi connectivity index (χ4v) is 4.01. The lowest BCUT2D eigenvalue weighted by Crippen LogP contribution is -2.14. The molecule has 3 aromatic rings. The van der Waals surface area contributed by atoms with E-state index in [1.807, 2.05) is 18.0 Å². The van der Waals surface area contributed by atoms with Gasteiger partial charge in [-0.1, -0.05) is 44.9 Å². The smallest absolute Gasteiger partial charge is 0.159 e. The minimum Gasteiger partial charge on any atom is -0.347 e. The van der Waals surface area contributed by atoms with E-state index in [0.717, 1.165) is 29.7 Å². The fraction of sp³-hybridized carbons (Fsp3) is 0.429. The Morgan fingerprint density at radius 3 is 2.65 bits per heavy atom. The van der Waals surface area contributed by atoms with Gasteiger partial charge in [-0.2, -0.15) is 0 Å². The number of benzene rings is 1. The van der Waals surface area contributed by atoms with Crippen LogP contribution in [0.4, 0.5) is 0 Å². The summed E-state index contributed by atoms with van der Waals surface area (Å²) in [5.74, 6) is 0.780. The number of fused-ring (bicyclic) bond motifs is 1. The van der Waals surface area contributed by atoms with Crippen LogP contribution in [0.25, 0.3) is 22.3 Å². The van der Waals surface area contributed by atoms with Crippen LogP contribution in [-0.2, 0) is 13.1 Å². The molecule has 0 radical (unpaired) electrons. The largest absolute Gasteiger partial charge is 0.347 e. The van der Waals surface area contributed by atoms with Crippen LogP contribution in [0.3, 0.4) is 0 Å². The lowest BCUT2D eigenvalue weighted by Gasteiger charge is -2.20. The second kappa shape index (κ2) is 7.05. The number of rotatable bonds is 6. The molecule has 1 aromatic carbocycles. The lowest BCUT2D eigenvalue weighted by atomic mass is 9.97. The van der Waals surface area contributed by atoms with Crippen molar-refractivity contribution in [3.05, 3.63) is 48.4 Å². The first-order valence-corrected chi connectivity index (χ1v) is 10.2. The Bertz CT molecular complexity index is 892. The molecular weight excluding hydrogens is 340 g/mol. The molecule has 0 saturated heterocycles. The number of hydrogen-bond acceptors (Lipinski definition) is 4. The summed E-state index contributed by atoms with van der Waals surface area (Å²) in [6.07, 6.45) is 8.61. The Hall–Kier alpha value is -1.85. The second-order valence-corrected chi connectivity index (χ2v) is 9.48. The van der Waals surface area contributed by atoms with Crippen LogP contribution < -0.4 is 4.72 Å². The topological polar surface area (TPSA) is 42.7 Å². The van der Waals surface area contributed by atoms with Crippen molar-refractivity contribution in [1.82, 2.24) is 19.3 Å². The van der Waals surface area contributed by atoms with E-state index < -0.39 is 0 Å². The molecule has 0 spiro atoms. The van der Waals surface area contributed by atoms with Gasteiger partial charge in [0.25, 0.3) is 0 Å². The third-order valence-corrected chi connectivity index (χ3v) is 5.59. The maximum absolute atomic E-state index is 4.41. The van der Waals surface area contributed by atoms with E-state index in [9.17, 15) is 0 Å². The number of nitrogens with zero attached hydrogens (tertiary/aromatic N) is 3. The van der Waals surface area contributed by atoms with E-state index >= 15 is 0 Å². The average Bonchev–Trinajstić information content (AvgIpc) is 3.38. The van der Waals surface area contributed by atoms with Gasteiger partial charge in [-0.15, -0.1) is 0 Å². The summed E-state index contributed by atoms with van der Waals surface area (Å²) < 4.78 is 5.95. The lowest BCUT2D eigenvalue weighted by molar-refractivity contribution is 0.349. The van der Waals surface area contributed by atoms with Gasteiger partial charge in [0.1, 0.15) is 0 Å². The summed E-state index contributed by atoms with van der Waals surface area (Å²) in [5, 5.41) is 2.14. The molecule has 1 saturated carbocycles. The predicted molar refractivity (Wildman–Crippen MR) is 110 cm³/mol. The third kappa shape index (κ3) is 4.10. The quantitative estimate of drug-likeness (QED) is 0.620. The van der Waals surface area contributed by atoms with Crippen molar-refractivity contribution < 1.29 is 0 Å². The van der Waals surface area contributed by atoms with Gasteiger partial charge in [0, 0.05) is 53.4 Å². The molecule has 2 aromatic heterocycles. The average molecular weight is 367 g/mol. The molecule has 26 heavy (non-hydrogen) atoms. The van der Waals surface area contributed by atoms with Crippen molar-refractivity contribution in [2.24, 2.45) is 5.41 Å². The molecule has 1 fully saturated rings. The molecular formula is C21H26N4S. The van der Waals surface area contributed by atoms with E-state index in [1.54, 1.807) is 12.4 Å². The van der Waals surface area contributed by atoms with Gasteiger partial charge in [-0.25, -0.2) is 9.97 Å². The molecule has 0 amide bonds. The highest BCUT2D eigenvalue weighted by atomic mass is 32.2. The van der Waals surface area contributed by atoms with Crippen molar-refractivity contribution in [2.75, 3.05) is 0 Å². The van der Waals surface area contributed by atoms with Gasteiger partial charge < -0.3 is 4.57 Å². The Balaban J connectivity index is 1.70. The molecule has 1 aliphatic rings. The number of aromatic nitrogens is 3. The van der Waals surface area contributed by atoms with E-state index in [0.29, 0.717) is 0 Å². The number of nitrogens with one attached hydrogen (secondary N) is 1. The zero-order chi connectivity index (χ0) is 18.1. The zero-order valence-electron chi connectivity index (χ0n) is 15.7. The SMILES string of the molecule is CC(C)(C)Cn1cc(CNSC2CC2)c2ccc(-c3ncccn3)cc21. The molecule has 5 heteroatoms. The Kier molecular flexibility index (Phi) is 4.76. The van der Waals surface area contributed by atoms with Crippen molar-refractivity contribution in [3.8, 4) is 11.4 Å². The predicted octanol–water partition coefficient (Wildman–Crippen LogP) is 5.04. The van der Waals surface area contributed by atoms with Crippen molar-refractivity contribution in [3.63, 3.8) is 0 Å². The van der Waals surface area contributed by atoms with Crippen molar-refractivity contribution in [1.29, 1.82) is 0 Å². The molecule has 0 aliphatic heterocycles. The minimum absolute atomic E-state index is 0.221. The first-order chi connectivity index (χ1) is 12.5. The maximum Gasteiger partial charge on any atom is 0.159 e. The van der Waals surface area contributed by atoms with Gasteiger partial charge in [-0.3, -0.25) is 4.72 Å². The third-order valence-electron chi connectivity index (χ3n) is 4.47. The van der Waals surface area contributed by atoms with Gasteiger partial charge in [0.05, 0.1) is 0 Å². The van der Waals surface area contributed by atoms with Gasteiger partial charge in [0.15, 0.2) is 5.82 Å². The van der Waals surface area contributed by atoms with Crippen LogP contribution in [0.15, 0.2) is 42.9 Å². The first kappa shape index (κ1) is 17.6. The van der Waals surface area contributed by atoms with Crippen molar-refractivity contribution in [2.45, 2.75) is 52.0 Å². The van der Waals surface area contributed by atoms with E-state index in [4.69, 9.17) is 0 Å². The molecule has 1 aliphatic carbocycles. The summed E-state index contributed by atoms with van der Waals surface area (Å²) in [7, 11) is 0. The summed E-state index contributed by atoms with van der Waals surface area (Å²) >= 11 is 1.89. The standard InChI is InChI=1S/C21H26N4S/c1-21(2,3)14-25-13-16(12-24-26-17-6-7-17)18-8-5-15(11-19(18)25)20-22-9-4-10-23-20/h4-5,8-11,13,17,24H,6-7,12,14H2,1-3H3.